The van der Waals surface area contributed by atoms with Gasteiger partial charge in [0.2, 0.25) is 0 Å². The molecule has 1 aromatic rings. The van der Waals surface area contributed by atoms with Crippen molar-refractivity contribution in [3.63, 3.8) is 0 Å². The lowest BCUT2D eigenvalue weighted by molar-refractivity contribution is 0.373. The molecule has 4 atom stereocenters. The summed E-state index contributed by atoms with van der Waals surface area (Å²) in [6.45, 7) is 0. The lowest BCUT2D eigenvalue weighted by Crippen LogP contribution is -2.38. The number of nitrogens with one attached hydrogen (secondary N) is 1. The second-order valence-corrected chi connectivity index (χ2v) is 8.42. The number of hydrogen-bond donors (Lipinski definition) is 2. The molecule has 0 radical (unpaired) electrons. The first-order valence-corrected chi connectivity index (χ1v) is 9.12. The first-order valence-electron chi connectivity index (χ1n) is 7.30. The minimum absolute atomic E-state index is 0.235. The molecular formula is C15H22N2O2S. The van der Waals surface area contributed by atoms with Crippen molar-refractivity contribution in [3.05, 3.63) is 35.9 Å². The zero-order chi connectivity index (χ0) is 14.2. The summed E-state index contributed by atoms with van der Waals surface area (Å²) in [5.41, 5.74) is 4.30. The molecule has 2 fully saturated rings. The molecule has 0 aromatic heterocycles. The summed E-state index contributed by atoms with van der Waals surface area (Å²) in [5.74, 6) is 7.79. The van der Waals surface area contributed by atoms with Gasteiger partial charge >= 0.3 is 0 Å². The maximum Gasteiger partial charge on any atom is 0.150 e. The first-order chi connectivity index (χ1) is 9.59. The third kappa shape index (κ3) is 3.05. The Bertz CT molecular complexity index is 558. The highest BCUT2D eigenvalue weighted by atomic mass is 32.2. The number of nitrogens with two attached hydrogens (primary N) is 1. The second kappa shape index (κ2) is 5.47. The summed E-state index contributed by atoms with van der Waals surface area (Å²) >= 11 is 0. The van der Waals surface area contributed by atoms with Gasteiger partial charge in [-0.15, -0.1) is 0 Å². The fourth-order valence-corrected chi connectivity index (χ4v) is 5.41. The summed E-state index contributed by atoms with van der Waals surface area (Å²) < 4.78 is 23.1. The van der Waals surface area contributed by atoms with Gasteiger partial charge in [-0.1, -0.05) is 30.3 Å². The summed E-state index contributed by atoms with van der Waals surface area (Å²) in [6.07, 6.45) is 2.82. The lowest BCUT2D eigenvalue weighted by Gasteiger charge is -2.19. The Labute approximate surface area is 120 Å². The molecule has 1 saturated heterocycles. The number of hydrazine groups is 1. The normalized spacial score (nSPS) is 33.0. The molecule has 1 heterocycles. The molecule has 20 heavy (non-hydrogen) atoms. The Morgan fingerprint density at radius 3 is 2.65 bits per heavy atom. The molecule has 4 unspecified atom stereocenters. The van der Waals surface area contributed by atoms with Gasteiger partial charge in [-0.2, -0.15) is 0 Å². The molecule has 0 spiro atoms. The van der Waals surface area contributed by atoms with Crippen molar-refractivity contribution in [2.75, 3.05) is 11.5 Å². The molecule has 0 bridgehead atoms. The topological polar surface area (TPSA) is 72.2 Å². The van der Waals surface area contributed by atoms with Crippen molar-refractivity contribution in [1.82, 2.24) is 5.43 Å². The van der Waals surface area contributed by atoms with E-state index >= 15 is 0 Å². The lowest BCUT2D eigenvalue weighted by atomic mass is 9.95. The van der Waals surface area contributed by atoms with E-state index in [2.05, 4.69) is 29.7 Å². The molecule has 1 aliphatic heterocycles. The standard InChI is InChI=1S/C15H22N2O2S/c16-17-15(8-11-6-7-20(18,19)10-11)14-9-13(14)12-4-2-1-3-5-12/h1-5,11,13-15,17H,6-10,16H2. The molecule has 3 N–H and O–H groups in total. The van der Waals surface area contributed by atoms with Crippen molar-refractivity contribution < 1.29 is 8.42 Å². The van der Waals surface area contributed by atoms with Crippen molar-refractivity contribution in [2.24, 2.45) is 17.7 Å². The van der Waals surface area contributed by atoms with Crippen molar-refractivity contribution >= 4 is 9.84 Å². The average Bonchev–Trinajstić information content (AvgIpc) is 3.16. The third-order valence-electron chi connectivity index (χ3n) is 4.71. The van der Waals surface area contributed by atoms with Gasteiger partial charge in [0.25, 0.3) is 0 Å². The van der Waals surface area contributed by atoms with Crippen LogP contribution in [0.3, 0.4) is 0 Å². The van der Waals surface area contributed by atoms with Gasteiger partial charge in [-0.3, -0.25) is 11.3 Å². The van der Waals surface area contributed by atoms with Gasteiger partial charge in [0.1, 0.15) is 0 Å². The minimum Gasteiger partial charge on any atom is -0.271 e. The predicted octanol–water partition coefficient (Wildman–Crippen LogP) is 1.45. The van der Waals surface area contributed by atoms with E-state index in [1.165, 1.54) is 5.56 Å². The Hall–Kier alpha value is -0.910. The third-order valence-corrected chi connectivity index (χ3v) is 6.55. The molecule has 0 amide bonds. The molecule has 110 valence electrons. The monoisotopic (exact) mass is 294 g/mol. The molecular weight excluding hydrogens is 272 g/mol. The Morgan fingerprint density at radius 2 is 2.05 bits per heavy atom. The summed E-state index contributed by atoms with van der Waals surface area (Å²) in [6, 6.07) is 10.7. The van der Waals surface area contributed by atoms with E-state index in [4.69, 9.17) is 5.84 Å². The molecule has 4 nitrogen and oxygen atoms in total. The number of sulfone groups is 1. The second-order valence-electron chi connectivity index (χ2n) is 6.19. The Balaban J connectivity index is 1.59. The van der Waals surface area contributed by atoms with Crippen LogP contribution in [-0.4, -0.2) is 26.0 Å². The maximum absolute atomic E-state index is 11.5. The molecule has 2 aliphatic rings. The number of benzene rings is 1. The van der Waals surface area contributed by atoms with Gasteiger partial charge in [-0.25, -0.2) is 8.42 Å². The van der Waals surface area contributed by atoms with Crippen LogP contribution < -0.4 is 11.3 Å². The van der Waals surface area contributed by atoms with E-state index < -0.39 is 9.84 Å². The Kier molecular flexibility index (Phi) is 3.84. The SMILES string of the molecule is NNC(CC1CCS(=O)(=O)C1)C1CC1c1ccccc1. The fraction of sp³-hybridized carbons (Fsp3) is 0.600. The van der Waals surface area contributed by atoms with Gasteiger partial charge in [0.05, 0.1) is 11.5 Å². The molecule has 3 rings (SSSR count). The average molecular weight is 294 g/mol. The minimum atomic E-state index is -2.79. The zero-order valence-electron chi connectivity index (χ0n) is 11.5. The molecule has 1 saturated carbocycles. The van der Waals surface area contributed by atoms with E-state index in [1.807, 2.05) is 6.07 Å². The van der Waals surface area contributed by atoms with Crippen molar-refractivity contribution in [2.45, 2.75) is 31.2 Å². The van der Waals surface area contributed by atoms with Crippen LogP contribution >= 0.6 is 0 Å². The van der Waals surface area contributed by atoms with Crippen LogP contribution in [0.25, 0.3) is 0 Å². The Morgan fingerprint density at radius 1 is 1.30 bits per heavy atom. The van der Waals surface area contributed by atoms with Crippen LogP contribution in [0.1, 0.15) is 30.7 Å². The van der Waals surface area contributed by atoms with Crippen molar-refractivity contribution in [3.8, 4) is 0 Å². The van der Waals surface area contributed by atoms with E-state index in [0.717, 1.165) is 19.3 Å². The highest BCUT2D eigenvalue weighted by molar-refractivity contribution is 7.91. The van der Waals surface area contributed by atoms with Gasteiger partial charge in [0, 0.05) is 6.04 Å². The van der Waals surface area contributed by atoms with Crippen molar-refractivity contribution in [1.29, 1.82) is 0 Å². The van der Waals surface area contributed by atoms with Crippen LogP contribution in [0, 0.1) is 11.8 Å². The van der Waals surface area contributed by atoms with Gasteiger partial charge in [-0.05, 0) is 42.6 Å². The summed E-state index contributed by atoms with van der Waals surface area (Å²) in [5, 5.41) is 0. The molecule has 5 heteroatoms. The zero-order valence-corrected chi connectivity index (χ0v) is 12.4. The highest BCUT2D eigenvalue weighted by Crippen LogP contribution is 2.50. The molecule has 1 aliphatic carbocycles. The van der Waals surface area contributed by atoms with Gasteiger partial charge < -0.3 is 0 Å². The van der Waals surface area contributed by atoms with Crippen LogP contribution in [0.4, 0.5) is 0 Å². The van der Waals surface area contributed by atoms with Crippen LogP contribution in [0.15, 0.2) is 30.3 Å². The van der Waals surface area contributed by atoms with Crippen LogP contribution in [0.5, 0.6) is 0 Å². The van der Waals surface area contributed by atoms with Crippen LogP contribution in [0.2, 0.25) is 0 Å². The fourth-order valence-electron chi connectivity index (χ4n) is 3.53. The maximum atomic E-state index is 11.5. The van der Waals surface area contributed by atoms with E-state index in [9.17, 15) is 8.42 Å². The first kappa shape index (κ1) is 14.0. The van der Waals surface area contributed by atoms with E-state index in [1.54, 1.807) is 0 Å². The van der Waals surface area contributed by atoms with E-state index in [-0.39, 0.29) is 12.0 Å². The van der Waals surface area contributed by atoms with E-state index in [0.29, 0.717) is 23.3 Å². The van der Waals surface area contributed by atoms with Crippen LogP contribution in [-0.2, 0) is 9.84 Å². The van der Waals surface area contributed by atoms with Gasteiger partial charge in [0.15, 0.2) is 9.84 Å². The quantitative estimate of drug-likeness (QED) is 0.637. The largest absolute Gasteiger partial charge is 0.271 e. The smallest absolute Gasteiger partial charge is 0.150 e. The number of rotatable bonds is 5. The predicted molar refractivity (Wildman–Crippen MR) is 79.8 cm³/mol. The summed E-state index contributed by atoms with van der Waals surface area (Å²) in [7, 11) is -2.79. The number of hydrogen-bond acceptors (Lipinski definition) is 4. The summed E-state index contributed by atoms with van der Waals surface area (Å²) in [4.78, 5) is 0. The highest BCUT2D eigenvalue weighted by Gasteiger charge is 2.44. The molecule has 1 aromatic carbocycles.